The third-order valence-electron chi connectivity index (χ3n) is 3.31. The van der Waals surface area contributed by atoms with E-state index < -0.39 is 11.5 Å². The van der Waals surface area contributed by atoms with Gasteiger partial charge in [-0.15, -0.1) is 0 Å². The molecule has 4 N–H and O–H groups in total. The van der Waals surface area contributed by atoms with Crippen LogP contribution in [-0.4, -0.2) is 23.2 Å². The van der Waals surface area contributed by atoms with Crippen LogP contribution in [0.25, 0.3) is 0 Å². The molecule has 0 heterocycles. The molecule has 0 bridgehead atoms. The second kappa shape index (κ2) is 6.52. The molecule has 0 aliphatic rings. The summed E-state index contributed by atoms with van der Waals surface area (Å²) in [6, 6.07) is 7.20. The molecule has 1 amide bonds. The van der Waals surface area contributed by atoms with Gasteiger partial charge in [0.05, 0.1) is 5.60 Å². The van der Waals surface area contributed by atoms with Crippen LogP contribution in [0.1, 0.15) is 42.6 Å². The number of carbonyl (C=O) groups excluding carboxylic acids is 1. The average molecular weight is 250 g/mol. The molecule has 0 radical (unpaired) electrons. The van der Waals surface area contributed by atoms with E-state index in [1.807, 2.05) is 26.0 Å². The highest BCUT2D eigenvalue weighted by Crippen LogP contribution is 2.13. The fourth-order valence-electron chi connectivity index (χ4n) is 1.77. The van der Waals surface area contributed by atoms with E-state index in [2.05, 4.69) is 5.32 Å². The lowest BCUT2D eigenvalue weighted by molar-refractivity contribution is 0.0323. The number of carbonyl (C=O) groups is 1. The van der Waals surface area contributed by atoms with Gasteiger partial charge in [0.2, 0.25) is 5.91 Å². The van der Waals surface area contributed by atoms with E-state index in [0.717, 1.165) is 18.4 Å². The largest absolute Gasteiger partial charge is 0.389 e. The molecule has 0 aliphatic carbocycles. The number of benzene rings is 1. The van der Waals surface area contributed by atoms with Crippen molar-refractivity contribution in [3.63, 3.8) is 0 Å². The second-order valence-corrected chi connectivity index (χ2v) is 4.60. The summed E-state index contributed by atoms with van der Waals surface area (Å²) in [5.41, 5.74) is 6.07. The average Bonchev–Trinajstić information content (AvgIpc) is 2.39. The number of hydrogen-bond donors (Lipinski definition) is 3. The Hall–Kier alpha value is -1.39. The van der Waals surface area contributed by atoms with Gasteiger partial charge in [0.25, 0.3) is 0 Å². The lowest BCUT2D eigenvalue weighted by atomic mass is 9.97. The summed E-state index contributed by atoms with van der Waals surface area (Å²) in [6.45, 7) is 5.10. The lowest BCUT2D eigenvalue weighted by Gasteiger charge is -2.25. The summed E-state index contributed by atoms with van der Waals surface area (Å²) in [5, 5.41) is 13.3. The van der Waals surface area contributed by atoms with Gasteiger partial charge in [0, 0.05) is 18.7 Å². The van der Waals surface area contributed by atoms with Gasteiger partial charge < -0.3 is 16.2 Å². The highest BCUT2D eigenvalue weighted by Gasteiger charge is 2.21. The minimum absolute atomic E-state index is 0.421. The van der Waals surface area contributed by atoms with Gasteiger partial charge in [-0.05, 0) is 30.5 Å². The summed E-state index contributed by atoms with van der Waals surface area (Å²) in [5.74, 6) is -0.421. The minimum Gasteiger partial charge on any atom is -0.389 e. The monoisotopic (exact) mass is 250 g/mol. The Labute approximate surface area is 108 Å². The molecule has 18 heavy (non-hydrogen) atoms. The summed E-state index contributed by atoms with van der Waals surface area (Å²) in [7, 11) is 0. The fourth-order valence-corrected chi connectivity index (χ4v) is 1.77. The molecule has 0 aromatic heterocycles. The van der Waals surface area contributed by atoms with Crippen LogP contribution < -0.4 is 11.1 Å². The Morgan fingerprint density at radius 2 is 2.06 bits per heavy atom. The van der Waals surface area contributed by atoms with Crippen molar-refractivity contribution >= 4 is 5.91 Å². The molecule has 0 spiro atoms. The SMILES string of the molecule is CCC(O)(CC)CNCc1cccc(C(N)=O)c1. The first kappa shape index (κ1) is 14.7. The molecule has 0 atom stereocenters. The predicted molar refractivity (Wildman–Crippen MR) is 72.2 cm³/mol. The van der Waals surface area contributed by atoms with Crippen LogP contribution in [0.4, 0.5) is 0 Å². The van der Waals surface area contributed by atoms with Gasteiger partial charge in [-0.1, -0.05) is 26.0 Å². The number of rotatable bonds is 7. The van der Waals surface area contributed by atoms with Crippen molar-refractivity contribution in [1.82, 2.24) is 5.32 Å². The quantitative estimate of drug-likeness (QED) is 0.685. The van der Waals surface area contributed by atoms with Crippen LogP contribution in [0.15, 0.2) is 24.3 Å². The highest BCUT2D eigenvalue weighted by atomic mass is 16.3. The highest BCUT2D eigenvalue weighted by molar-refractivity contribution is 5.92. The first-order valence-electron chi connectivity index (χ1n) is 6.32. The summed E-state index contributed by atoms with van der Waals surface area (Å²) in [6.07, 6.45) is 1.44. The zero-order valence-corrected chi connectivity index (χ0v) is 11.1. The number of hydrogen-bond acceptors (Lipinski definition) is 3. The van der Waals surface area contributed by atoms with Gasteiger partial charge in [-0.25, -0.2) is 0 Å². The maximum absolute atomic E-state index is 11.0. The fraction of sp³-hybridized carbons (Fsp3) is 0.500. The van der Waals surface area contributed by atoms with Gasteiger partial charge in [0.1, 0.15) is 0 Å². The normalized spacial score (nSPS) is 11.5. The van der Waals surface area contributed by atoms with Crippen LogP contribution in [0.5, 0.6) is 0 Å². The van der Waals surface area contributed by atoms with Gasteiger partial charge in [-0.3, -0.25) is 4.79 Å². The Balaban J connectivity index is 2.54. The molecule has 1 aromatic carbocycles. The maximum Gasteiger partial charge on any atom is 0.248 e. The Bertz CT molecular complexity index is 401. The van der Waals surface area contributed by atoms with Crippen molar-refractivity contribution in [2.45, 2.75) is 38.8 Å². The van der Waals surface area contributed by atoms with Gasteiger partial charge >= 0.3 is 0 Å². The standard InChI is InChI=1S/C14H22N2O2/c1-3-14(18,4-2)10-16-9-11-6-5-7-12(8-11)13(15)17/h5-8,16,18H,3-4,9-10H2,1-2H3,(H2,15,17). The molecule has 1 rings (SSSR count). The van der Waals surface area contributed by atoms with E-state index in [4.69, 9.17) is 5.73 Å². The summed E-state index contributed by atoms with van der Waals surface area (Å²) in [4.78, 5) is 11.0. The molecule has 1 aromatic rings. The van der Waals surface area contributed by atoms with Crippen molar-refractivity contribution in [2.24, 2.45) is 5.73 Å². The molecule has 100 valence electrons. The number of nitrogens with two attached hydrogens (primary N) is 1. The second-order valence-electron chi connectivity index (χ2n) is 4.60. The molecule has 0 saturated heterocycles. The predicted octanol–water partition coefficient (Wildman–Crippen LogP) is 1.43. The maximum atomic E-state index is 11.0. The molecule has 0 fully saturated rings. The Morgan fingerprint density at radius 1 is 1.39 bits per heavy atom. The Morgan fingerprint density at radius 3 is 2.61 bits per heavy atom. The number of primary amides is 1. The van der Waals surface area contributed by atoms with Crippen molar-refractivity contribution in [3.05, 3.63) is 35.4 Å². The van der Waals surface area contributed by atoms with Crippen molar-refractivity contribution < 1.29 is 9.90 Å². The molecule has 0 aliphatic heterocycles. The Kier molecular flexibility index (Phi) is 5.31. The minimum atomic E-state index is -0.651. The lowest BCUT2D eigenvalue weighted by Crippen LogP contribution is -2.39. The zero-order valence-electron chi connectivity index (χ0n) is 11.1. The van der Waals surface area contributed by atoms with Crippen molar-refractivity contribution in [2.75, 3.05) is 6.54 Å². The summed E-state index contributed by atoms with van der Waals surface area (Å²) < 4.78 is 0. The zero-order chi connectivity index (χ0) is 13.6. The molecule has 0 unspecified atom stereocenters. The first-order chi connectivity index (χ1) is 8.50. The number of nitrogens with one attached hydrogen (secondary N) is 1. The van der Waals surface area contributed by atoms with E-state index in [0.29, 0.717) is 18.7 Å². The third kappa shape index (κ3) is 4.13. The summed E-state index contributed by atoms with van der Waals surface area (Å²) >= 11 is 0. The van der Waals surface area contributed by atoms with Crippen LogP contribution in [-0.2, 0) is 6.54 Å². The van der Waals surface area contributed by atoms with Crippen molar-refractivity contribution in [3.8, 4) is 0 Å². The van der Waals surface area contributed by atoms with E-state index in [-0.39, 0.29) is 0 Å². The van der Waals surface area contributed by atoms with E-state index in [1.165, 1.54) is 0 Å². The molecular weight excluding hydrogens is 228 g/mol. The smallest absolute Gasteiger partial charge is 0.248 e. The topological polar surface area (TPSA) is 75.3 Å². The molecule has 4 nitrogen and oxygen atoms in total. The first-order valence-corrected chi connectivity index (χ1v) is 6.32. The third-order valence-corrected chi connectivity index (χ3v) is 3.31. The molecular formula is C14H22N2O2. The van der Waals surface area contributed by atoms with E-state index in [9.17, 15) is 9.90 Å². The van der Waals surface area contributed by atoms with Crippen LogP contribution in [0, 0.1) is 0 Å². The molecule has 4 heteroatoms. The van der Waals surface area contributed by atoms with Crippen LogP contribution >= 0.6 is 0 Å². The van der Waals surface area contributed by atoms with Crippen LogP contribution in [0.2, 0.25) is 0 Å². The number of amides is 1. The van der Waals surface area contributed by atoms with Crippen molar-refractivity contribution in [1.29, 1.82) is 0 Å². The number of aliphatic hydroxyl groups is 1. The van der Waals surface area contributed by atoms with Gasteiger partial charge in [0.15, 0.2) is 0 Å². The van der Waals surface area contributed by atoms with E-state index in [1.54, 1.807) is 12.1 Å². The van der Waals surface area contributed by atoms with Gasteiger partial charge in [-0.2, -0.15) is 0 Å². The van der Waals surface area contributed by atoms with Crippen LogP contribution in [0.3, 0.4) is 0 Å². The van der Waals surface area contributed by atoms with E-state index >= 15 is 0 Å². The molecule has 0 saturated carbocycles.